The lowest BCUT2D eigenvalue weighted by Gasteiger charge is -2.15. The number of aromatic nitrogens is 3. The third-order valence-corrected chi connectivity index (χ3v) is 4.49. The van der Waals surface area contributed by atoms with Gasteiger partial charge in [-0.2, -0.15) is 0 Å². The standard InChI is InChI=1S/C16H19N3S/c1-4-13-14-8-6-5-7-12(14)9-10-19-15(13)17-18-16(19)20-11(2)3/h5-11,13H,4H2,1-3H3. The van der Waals surface area contributed by atoms with Crippen molar-refractivity contribution < 1.29 is 0 Å². The van der Waals surface area contributed by atoms with Crippen LogP contribution in [0.25, 0.3) is 12.3 Å². The maximum atomic E-state index is 4.46. The van der Waals surface area contributed by atoms with Crippen molar-refractivity contribution in [3.8, 4) is 0 Å². The van der Waals surface area contributed by atoms with E-state index in [4.69, 9.17) is 0 Å². The zero-order valence-electron chi connectivity index (χ0n) is 12.1. The van der Waals surface area contributed by atoms with Gasteiger partial charge in [0.15, 0.2) is 5.16 Å². The number of hydrogen-bond donors (Lipinski definition) is 0. The fourth-order valence-electron chi connectivity index (χ4n) is 2.63. The lowest BCUT2D eigenvalue weighted by Crippen LogP contribution is -2.06. The Hall–Kier alpha value is -1.55. The maximum absolute atomic E-state index is 4.46. The Morgan fingerprint density at radius 2 is 2.05 bits per heavy atom. The molecule has 1 aliphatic rings. The average Bonchev–Trinajstić information content (AvgIpc) is 2.73. The van der Waals surface area contributed by atoms with Crippen molar-refractivity contribution in [1.82, 2.24) is 14.8 Å². The molecule has 0 fully saturated rings. The van der Waals surface area contributed by atoms with E-state index >= 15 is 0 Å². The van der Waals surface area contributed by atoms with Gasteiger partial charge >= 0.3 is 0 Å². The lowest BCUT2D eigenvalue weighted by molar-refractivity contribution is 0.701. The van der Waals surface area contributed by atoms with Crippen LogP contribution in [-0.4, -0.2) is 20.0 Å². The van der Waals surface area contributed by atoms with Crippen LogP contribution in [0.3, 0.4) is 0 Å². The molecule has 0 bridgehead atoms. The monoisotopic (exact) mass is 285 g/mol. The van der Waals surface area contributed by atoms with Gasteiger partial charge in [0.25, 0.3) is 0 Å². The molecule has 1 atom stereocenters. The summed E-state index contributed by atoms with van der Waals surface area (Å²) in [7, 11) is 0. The number of fused-ring (bicyclic) bond motifs is 2. The summed E-state index contributed by atoms with van der Waals surface area (Å²) >= 11 is 1.76. The average molecular weight is 285 g/mol. The molecule has 0 saturated carbocycles. The van der Waals surface area contributed by atoms with E-state index in [1.54, 1.807) is 11.8 Å². The molecule has 1 unspecified atom stereocenters. The molecule has 1 aliphatic heterocycles. The molecule has 0 spiro atoms. The van der Waals surface area contributed by atoms with Gasteiger partial charge in [-0.25, -0.2) is 0 Å². The summed E-state index contributed by atoms with van der Waals surface area (Å²) in [6, 6.07) is 8.56. The number of thioether (sulfide) groups is 1. The first kappa shape index (κ1) is 13.4. The molecular weight excluding hydrogens is 266 g/mol. The summed E-state index contributed by atoms with van der Waals surface area (Å²) in [5.74, 6) is 1.37. The van der Waals surface area contributed by atoms with Crippen LogP contribution in [-0.2, 0) is 0 Å². The van der Waals surface area contributed by atoms with Gasteiger partial charge in [-0.05, 0) is 23.6 Å². The van der Waals surface area contributed by atoms with Crippen LogP contribution in [0.1, 0.15) is 50.1 Å². The quantitative estimate of drug-likeness (QED) is 0.789. The zero-order valence-corrected chi connectivity index (χ0v) is 12.9. The molecule has 0 aliphatic carbocycles. The normalized spacial score (nSPS) is 16.9. The van der Waals surface area contributed by atoms with Gasteiger partial charge in [0, 0.05) is 17.4 Å². The summed E-state index contributed by atoms with van der Waals surface area (Å²) in [4.78, 5) is 0. The Labute approximate surface area is 124 Å². The van der Waals surface area contributed by atoms with Gasteiger partial charge in [-0.15, -0.1) is 10.2 Å². The highest BCUT2D eigenvalue weighted by Crippen LogP contribution is 2.35. The van der Waals surface area contributed by atoms with E-state index in [2.05, 4.69) is 72.1 Å². The van der Waals surface area contributed by atoms with E-state index in [1.807, 2.05) is 0 Å². The second-order valence-electron chi connectivity index (χ2n) is 5.28. The van der Waals surface area contributed by atoms with Crippen LogP contribution in [0, 0.1) is 0 Å². The van der Waals surface area contributed by atoms with Crippen molar-refractivity contribution in [1.29, 1.82) is 0 Å². The van der Waals surface area contributed by atoms with Crippen molar-refractivity contribution in [2.75, 3.05) is 0 Å². The Kier molecular flexibility index (Phi) is 3.66. The SMILES string of the molecule is CCC1c2ccccc2C=Cn2c(SC(C)C)nnc21. The highest BCUT2D eigenvalue weighted by molar-refractivity contribution is 7.99. The lowest BCUT2D eigenvalue weighted by atomic mass is 9.92. The van der Waals surface area contributed by atoms with E-state index in [0.29, 0.717) is 11.2 Å². The van der Waals surface area contributed by atoms with Crippen LogP contribution >= 0.6 is 11.8 Å². The molecule has 2 aromatic rings. The predicted octanol–water partition coefficient (Wildman–Crippen LogP) is 4.26. The molecule has 1 aromatic carbocycles. The van der Waals surface area contributed by atoms with Crippen molar-refractivity contribution in [2.24, 2.45) is 0 Å². The van der Waals surface area contributed by atoms with E-state index in [-0.39, 0.29) is 0 Å². The van der Waals surface area contributed by atoms with Crippen LogP contribution < -0.4 is 0 Å². The molecule has 0 radical (unpaired) electrons. The molecule has 104 valence electrons. The van der Waals surface area contributed by atoms with Crippen LogP contribution in [0.5, 0.6) is 0 Å². The Balaban J connectivity index is 2.12. The molecule has 3 nitrogen and oxygen atoms in total. The van der Waals surface area contributed by atoms with Crippen molar-refractivity contribution >= 4 is 24.0 Å². The molecule has 0 amide bonds. The van der Waals surface area contributed by atoms with Crippen molar-refractivity contribution in [3.63, 3.8) is 0 Å². The highest BCUT2D eigenvalue weighted by Gasteiger charge is 2.24. The molecule has 1 aromatic heterocycles. The summed E-state index contributed by atoms with van der Waals surface area (Å²) in [5, 5.41) is 10.3. The number of hydrogen-bond acceptors (Lipinski definition) is 3. The maximum Gasteiger partial charge on any atom is 0.195 e. The molecule has 4 heteroatoms. The summed E-state index contributed by atoms with van der Waals surface area (Å²) in [6.45, 7) is 6.57. The zero-order chi connectivity index (χ0) is 14.1. The van der Waals surface area contributed by atoms with E-state index < -0.39 is 0 Å². The minimum Gasteiger partial charge on any atom is -0.280 e. The topological polar surface area (TPSA) is 30.7 Å². The summed E-state index contributed by atoms with van der Waals surface area (Å²) in [5.41, 5.74) is 2.63. The van der Waals surface area contributed by atoms with Crippen molar-refractivity contribution in [2.45, 2.75) is 43.5 Å². The molecule has 2 heterocycles. The van der Waals surface area contributed by atoms with Gasteiger partial charge in [-0.1, -0.05) is 56.8 Å². The van der Waals surface area contributed by atoms with E-state index in [1.165, 1.54) is 11.1 Å². The third-order valence-electron chi connectivity index (χ3n) is 3.53. The molecular formula is C16H19N3S. The van der Waals surface area contributed by atoms with Crippen molar-refractivity contribution in [3.05, 3.63) is 41.2 Å². The smallest absolute Gasteiger partial charge is 0.195 e. The van der Waals surface area contributed by atoms with Gasteiger partial charge < -0.3 is 0 Å². The highest BCUT2D eigenvalue weighted by atomic mass is 32.2. The predicted molar refractivity (Wildman–Crippen MR) is 84.8 cm³/mol. The summed E-state index contributed by atoms with van der Waals surface area (Å²) < 4.78 is 2.15. The largest absolute Gasteiger partial charge is 0.280 e. The summed E-state index contributed by atoms with van der Waals surface area (Å²) in [6.07, 6.45) is 5.31. The van der Waals surface area contributed by atoms with Gasteiger partial charge in [-0.3, -0.25) is 4.57 Å². The number of rotatable bonds is 3. The first-order valence-electron chi connectivity index (χ1n) is 7.09. The number of benzene rings is 1. The van der Waals surface area contributed by atoms with Crippen LogP contribution in [0.2, 0.25) is 0 Å². The Bertz CT molecular complexity index is 643. The van der Waals surface area contributed by atoms with Gasteiger partial charge in [0.1, 0.15) is 5.82 Å². The Morgan fingerprint density at radius 3 is 2.80 bits per heavy atom. The first-order chi connectivity index (χ1) is 9.70. The Morgan fingerprint density at radius 1 is 1.25 bits per heavy atom. The van der Waals surface area contributed by atoms with Gasteiger partial charge in [0.05, 0.1) is 0 Å². The minimum absolute atomic E-state index is 0.315. The second-order valence-corrected chi connectivity index (χ2v) is 6.83. The van der Waals surface area contributed by atoms with E-state index in [9.17, 15) is 0 Å². The molecule has 3 rings (SSSR count). The van der Waals surface area contributed by atoms with Crippen LogP contribution in [0.4, 0.5) is 0 Å². The number of nitrogens with zero attached hydrogens (tertiary/aromatic N) is 3. The minimum atomic E-state index is 0.315. The third kappa shape index (κ3) is 2.29. The van der Waals surface area contributed by atoms with Crippen LogP contribution in [0.15, 0.2) is 29.4 Å². The van der Waals surface area contributed by atoms with E-state index in [0.717, 1.165) is 17.4 Å². The fraction of sp³-hybridized carbons (Fsp3) is 0.375. The second kappa shape index (κ2) is 5.44. The molecule has 20 heavy (non-hydrogen) atoms. The van der Waals surface area contributed by atoms with Gasteiger partial charge in [0.2, 0.25) is 0 Å². The molecule has 0 N–H and O–H groups in total. The molecule has 0 saturated heterocycles. The fourth-order valence-corrected chi connectivity index (χ4v) is 3.41. The first-order valence-corrected chi connectivity index (χ1v) is 7.97.